The van der Waals surface area contributed by atoms with Gasteiger partial charge in [0.2, 0.25) is 0 Å². The first-order valence-corrected chi connectivity index (χ1v) is 6.30. The van der Waals surface area contributed by atoms with Crippen LogP contribution in [0.15, 0.2) is 16.5 Å². The molecule has 1 aliphatic carbocycles. The molecule has 1 fully saturated rings. The highest BCUT2D eigenvalue weighted by Gasteiger charge is 2.46. The van der Waals surface area contributed by atoms with E-state index in [9.17, 15) is 14.7 Å². The average molecular weight is 266 g/mol. The fraction of sp³-hybridized carbons (Fsp3) is 0.538. The number of nitrogens with one attached hydrogen (secondary N) is 1. The van der Waals surface area contributed by atoms with Crippen molar-refractivity contribution in [1.29, 1.82) is 0 Å². The van der Waals surface area contributed by atoms with Crippen LogP contribution in [0.5, 0.6) is 0 Å². The van der Waals surface area contributed by atoms with Gasteiger partial charge in [-0.15, -0.1) is 0 Å². The normalized spacial score (nSPS) is 26.3. The van der Waals surface area contributed by atoms with Gasteiger partial charge in [0.25, 0.3) is 5.91 Å². The van der Waals surface area contributed by atoms with Crippen LogP contribution in [0.3, 0.4) is 0 Å². The Morgan fingerprint density at radius 1 is 1.58 bits per heavy atom. The molecule has 6 heteroatoms. The predicted octanol–water partition coefficient (Wildman–Crippen LogP) is 1.11. The Balaban J connectivity index is 2.08. The van der Waals surface area contributed by atoms with Gasteiger partial charge in [-0.25, -0.2) is 0 Å². The Morgan fingerprint density at radius 2 is 2.32 bits per heavy atom. The average Bonchev–Trinajstić information content (AvgIpc) is 2.97. The highest BCUT2D eigenvalue weighted by atomic mass is 16.4. The van der Waals surface area contributed by atoms with Crippen LogP contribution in [0.25, 0.3) is 0 Å². The number of aliphatic carboxylic acids is 1. The third-order valence-corrected chi connectivity index (χ3v) is 3.84. The van der Waals surface area contributed by atoms with E-state index in [2.05, 4.69) is 5.32 Å². The van der Waals surface area contributed by atoms with Gasteiger partial charge < -0.3 is 20.6 Å². The number of carboxylic acid groups (broad SMARTS) is 1. The van der Waals surface area contributed by atoms with E-state index in [1.54, 1.807) is 19.1 Å². The van der Waals surface area contributed by atoms with Crippen molar-refractivity contribution in [2.45, 2.75) is 38.8 Å². The van der Waals surface area contributed by atoms with Crippen molar-refractivity contribution < 1.29 is 19.1 Å². The number of carbonyl (C=O) groups is 2. The van der Waals surface area contributed by atoms with Gasteiger partial charge in [0.1, 0.15) is 5.76 Å². The topological polar surface area (TPSA) is 106 Å². The van der Waals surface area contributed by atoms with Gasteiger partial charge >= 0.3 is 5.97 Å². The van der Waals surface area contributed by atoms with Crippen LogP contribution in [-0.2, 0) is 11.3 Å². The molecule has 1 aromatic heterocycles. The molecule has 19 heavy (non-hydrogen) atoms. The molecule has 104 valence electrons. The monoisotopic (exact) mass is 266 g/mol. The fourth-order valence-corrected chi connectivity index (χ4v) is 2.49. The van der Waals surface area contributed by atoms with Crippen LogP contribution >= 0.6 is 0 Å². The van der Waals surface area contributed by atoms with Crippen LogP contribution in [0.2, 0.25) is 0 Å². The van der Waals surface area contributed by atoms with Crippen molar-refractivity contribution in [3.8, 4) is 0 Å². The lowest BCUT2D eigenvalue weighted by Crippen LogP contribution is -2.46. The first-order valence-electron chi connectivity index (χ1n) is 6.30. The summed E-state index contributed by atoms with van der Waals surface area (Å²) in [6.07, 6.45) is 2.03. The fourth-order valence-electron chi connectivity index (χ4n) is 2.49. The van der Waals surface area contributed by atoms with Crippen molar-refractivity contribution in [3.63, 3.8) is 0 Å². The third kappa shape index (κ3) is 2.49. The maximum absolute atomic E-state index is 12.0. The summed E-state index contributed by atoms with van der Waals surface area (Å²) >= 11 is 0. The van der Waals surface area contributed by atoms with E-state index in [1.807, 2.05) is 0 Å². The summed E-state index contributed by atoms with van der Waals surface area (Å²) in [4.78, 5) is 23.3. The van der Waals surface area contributed by atoms with Crippen molar-refractivity contribution in [2.24, 2.45) is 11.1 Å². The van der Waals surface area contributed by atoms with Gasteiger partial charge in [-0.05, 0) is 31.9 Å². The molecule has 1 aliphatic rings. The third-order valence-electron chi connectivity index (χ3n) is 3.84. The molecule has 1 heterocycles. The number of hydrogen-bond donors (Lipinski definition) is 3. The minimum Gasteiger partial charge on any atom is -0.481 e. The van der Waals surface area contributed by atoms with Gasteiger partial charge in [-0.1, -0.05) is 6.42 Å². The Morgan fingerprint density at radius 3 is 2.89 bits per heavy atom. The molecule has 0 spiro atoms. The van der Waals surface area contributed by atoms with E-state index in [0.29, 0.717) is 18.6 Å². The maximum Gasteiger partial charge on any atom is 0.311 e. The van der Waals surface area contributed by atoms with E-state index in [1.165, 1.54) is 0 Å². The van der Waals surface area contributed by atoms with E-state index in [4.69, 9.17) is 10.2 Å². The van der Waals surface area contributed by atoms with Crippen LogP contribution in [0.4, 0.5) is 0 Å². The molecule has 2 rings (SSSR count). The lowest BCUT2D eigenvalue weighted by Gasteiger charge is -2.27. The van der Waals surface area contributed by atoms with Gasteiger partial charge in [0, 0.05) is 6.04 Å². The largest absolute Gasteiger partial charge is 0.481 e. The molecule has 2 unspecified atom stereocenters. The zero-order chi connectivity index (χ0) is 14.0. The van der Waals surface area contributed by atoms with Crippen molar-refractivity contribution in [2.75, 3.05) is 0 Å². The molecule has 1 aromatic rings. The van der Waals surface area contributed by atoms with Crippen molar-refractivity contribution in [3.05, 3.63) is 23.7 Å². The van der Waals surface area contributed by atoms with Crippen LogP contribution in [-0.4, -0.2) is 23.0 Å². The molecule has 1 amide bonds. The Hall–Kier alpha value is -1.82. The molecular formula is C13H18N2O4. The molecule has 0 bridgehead atoms. The second-order valence-electron chi connectivity index (χ2n) is 5.11. The molecule has 0 aromatic carbocycles. The van der Waals surface area contributed by atoms with Crippen molar-refractivity contribution >= 4 is 11.9 Å². The number of carboxylic acids is 1. The number of carbonyl (C=O) groups excluding carboxylic acids is 1. The number of amides is 1. The molecule has 0 radical (unpaired) electrons. The molecule has 0 aliphatic heterocycles. The lowest BCUT2D eigenvalue weighted by atomic mass is 9.85. The predicted molar refractivity (Wildman–Crippen MR) is 67.4 cm³/mol. The minimum atomic E-state index is -0.904. The van der Waals surface area contributed by atoms with E-state index in [-0.39, 0.29) is 24.3 Å². The quantitative estimate of drug-likeness (QED) is 0.757. The minimum absolute atomic E-state index is 0.167. The summed E-state index contributed by atoms with van der Waals surface area (Å²) in [7, 11) is 0. The van der Waals surface area contributed by atoms with Crippen LogP contribution < -0.4 is 11.1 Å². The SMILES string of the molecule is CC1(C(=O)O)CCCC1NC(=O)c1ccc(CN)o1. The number of furan rings is 1. The van der Waals surface area contributed by atoms with Crippen molar-refractivity contribution in [1.82, 2.24) is 5.32 Å². The zero-order valence-corrected chi connectivity index (χ0v) is 10.8. The van der Waals surface area contributed by atoms with E-state index < -0.39 is 11.4 Å². The zero-order valence-electron chi connectivity index (χ0n) is 10.8. The molecule has 6 nitrogen and oxygen atoms in total. The Bertz CT molecular complexity index is 497. The Kier molecular flexibility index (Phi) is 3.61. The molecular weight excluding hydrogens is 248 g/mol. The summed E-state index contributed by atoms with van der Waals surface area (Å²) in [5.74, 6) is -0.575. The number of hydrogen-bond acceptors (Lipinski definition) is 4. The lowest BCUT2D eigenvalue weighted by molar-refractivity contribution is -0.148. The van der Waals surface area contributed by atoms with Gasteiger partial charge in [0.15, 0.2) is 5.76 Å². The summed E-state index contributed by atoms with van der Waals surface area (Å²) in [6, 6.07) is 2.81. The highest BCUT2D eigenvalue weighted by molar-refractivity contribution is 5.92. The van der Waals surface area contributed by atoms with E-state index >= 15 is 0 Å². The summed E-state index contributed by atoms with van der Waals surface area (Å²) in [5.41, 5.74) is 4.50. The number of nitrogens with two attached hydrogens (primary N) is 1. The van der Waals surface area contributed by atoms with Crippen LogP contribution in [0.1, 0.15) is 42.5 Å². The molecule has 2 atom stereocenters. The van der Waals surface area contributed by atoms with Crippen LogP contribution in [0, 0.1) is 5.41 Å². The van der Waals surface area contributed by atoms with Gasteiger partial charge in [-0.3, -0.25) is 9.59 Å². The summed E-state index contributed by atoms with van der Waals surface area (Å²) in [6.45, 7) is 1.89. The Labute approximate surface area is 111 Å². The summed E-state index contributed by atoms with van der Waals surface area (Å²) < 4.78 is 5.25. The smallest absolute Gasteiger partial charge is 0.311 e. The number of rotatable bonds is 4. The molecule has 1 saturated carbocycles. The first-order chi connectivity index (χ1) is 8.97. The molecule has 4 N–H and O–H groups in total. The first kappa shape index (κ1) is 13.6. The summed E-state index contributed by atoms with van der Waals surface area (Å²) in [5, 5.41) is 12.0. The second-order valence-corrected chi connectivity index (χ2v) is 5.11. The molecule has 0 saturated heterocycles. The maximum atomic E-state index is 12.0. The standard InChI is InChI=1S/C13H18N2O4/c1-13(12(17)18)6-2-3-10(13)15-11(16)9-5-4-8(7-14)19-9/h4-5,10H,2-3,6-7,14H2,1H3,(H,15,16)(H,17,18). The highest BCUT2D eigenvalue weighted by Crippen LogP contribution is 2.38. The van der Waals surface area contributed by atoms with Gasteiger partial charge in [-0.2, -0.15) is 0 Å². The second kappa shape index (κ2) is 5.05. The van der Waals surface area contributed by atoms with E-state index in [0.717, 1.165) is 6.42 Å². The van der Waals surface area contributed by atoms with Gasteiger partial charge in [0.05, 0.1) is 12.0 Å².